The number of hydrogen-bond acceptors (Lipinski definition) is 8. The third kappa shape index (κ3) is 6.08. The fraction of sp³-hybridized carbons (Fsp3) is 0.333. The predicted octanol–water partition coefficient (Wildman–Crippen LogP) is 2.59. The number of nitrogens with one attached hydrogen (secondary N) is 3. The monoisotopic (exact) mass is 567 g/mol. The van der Waals surface area contributed by atoms with Gasteiger partial charge in [0, 0.05) is 74.4 Å². The van der Waals surface area contributed by atoms with Crippen molar-refractivity contribution < 1.29 is 14.4 Å². The van der Waals surface area contributed by atoms with Crippen LogP contribution in [0.2, 0.25) is 0 Å². The smallest absolute Gasteiger partial charge is 0.236 e. The average molecular weight is 568 g/mol. The molecule has 0 unspecified atom stereocenters. The van der Waals surface area contributed by atoms with E-state index in [1.165, 1.54) is 6.92 Å². The highest BCUT2D eigenvalue weighted by molar-refractivity contribution is 6.01. The maximum absolute atomic E-state index is 13.1. The van der Waals surface area contributed by atoms with E-state index in [0.717, 1.165) is 35.2 Å². The SMILES string of the molecule is CC(=O)Nc1n[nH]c2ccc(NC(=O)[C@@H]3CCN(CC(=O)N4CCN(c5ccc(-c6ncccn6)cc5)CC4)C3)cc12. The number of nitrogens with zero attached hydrogens (tertiary/aromatic N) is 6. The number of anilines is 3. The lowest BCUT2D eigenvalue weighted by Crippen LogP contribution is -2.51. The molecule has 2 saturated heterocycles. The fourth-order valence-corrected chi connectivity index (χ4v) is 5.56. The van der Waals surface area contributed by atoms with E-state index < -0.39 is 0 Å². The van der Waals surface area contributed by atoms with Gasteiger partial charge in [-0.15, -0.1) is 0 Å². The lowest BCUT2D eigenvalue weighted by molar-refractivity contribution is -0.132. The minimum Gasteiger partial charge on any atom is -0.368 e. The Labute approximate surface area is 243 Å². The Morgan fingerprint density at radius 3 is 2.45 bits per heavy atom. The van der Waals surface area contributed by atoms with Gasteiger partial charge in [-0.25, -0.2) is 9.97 Å². The number of carbonyl (C=O) groups excluding carboxylic acids is 3. The summed E-state index contributed by atoms with van der Waals surface area (Å²) in [7, 11) is 0. The molecule has 0 aliphatic carbocycles. The number of aromatic amines is 1. The number of H-pyrrole nitrogens is 1. The molecular formula is C30H33N9O3. The van der Waals surface area contributed by atoms with E-state index in [2.05, 4.69) is 52.7 Å². The molecule has 0 saturated carbocycles. The Bertz CT molecular complexity index is 1580. The molecule has 12 nitrogen and oxygen atoms in total. The van der Waals surface area contributed by atoms with Crippen molar-refractivity contribution in [3.05, 3.63) is 60.9 Å². The molecular weight excluding hydrogens is 534 g/mol. The predicted molar refractivity (Wildman–Crippen MR) is 160 cm³/mol. The van der Waals surface area contributed by atoms with E-state index in [0.29, 0.717) is 56.5 Å². The van der Waals surface area contributed by atoms with Crippen LogP contribution >= 0.6 is 0 Å². The van der Waals surface area contributed by atoms with Gasteiger partial charge in [0.1, 0.15) is 0 Å². The molecule has 2 fully saturated rings. The Kier molecular flexibility index (Phi) is 7.78. The van der Waals surface area contributed by atoms with Crippen molar-refractivity contribution in [2.75, 3.05) is 61.3 Å². The maximum atomic E-state index is 13.1. The van der Waals surface area contributed by atoms with E-state index in [9.17, 15) is 14.4 Å². The van der Waals surface area contributed by atoms with Crippen molar-refractivity contribution in [1.82, 2.24) is 30.0 Å². The molecule has 2 aliphatic heterocycles. The van der Waals surface area contributed by atoms with Crippen LogP contribution in [-0.2, 0) is 14.4 Å². The molecule has 2 aromatic carbocycles. The third-order valence-corrected chi connectivity index (χ3v) is 7.82. The van der Waals surface area contributed by atoms with Crippen molar-refractivity contribution in [2.24, 2.45) is 5.92 Å². The van der Waals surface area contributed by atoms with Crippen molar-refractivity contribution >= 4 is 45.8 Å². The lowest BCUT2D eigenvalue weighted by Gasteiger charge is -2.36. The van der Waals surface area contributed by atoms with Crippen LogP contribution in [0, 0.1) is 5.92 Å². The number of aromatic nitrogens is 4. The van der Waals surface area contributed by atoms with Gasteiger partial charge in [-0.05, 0) is 61.5 Å². The number of benzene rings is 2. The number of fused-ring (bicyclic) bond motifs is 1. The van der Waals surface area contributed by atoms with Crippen LogP contribution in [0.25, 0.3) is 22.3 Å². The highest BCUT2D eigenvalue weighted by Crippen LogP contribution is 2.26. The maximum Gasteiger partial charge on any atom is 0.236 e. The topological polar surface area (TPSA) is 139 Å². The number of likely N-dealkylation sites (tertiary alicyclic amines) is 1. The molecule has 0 bridgehead atoms. The minimum absolute atomic E-state index is 0.0765. The Morgan fingerprint density at radius 2 is 1.71 bits per heavy atom. The summed E-state index contributed by atoms with van der Waals surface area (Å²) < 4.78 is 0. The normalized spacial score (nSPS) is 17.4. The van der Waals surface area contributed by atoms with Crippen LogP contribution in [-0.4, -0.2) is 93.5 Å². The molecule has 12 heteroatoms. The van der Waals surface area contributed by atoms with Crippen molar-refractivity contribution in [3.63, 3.8) is 0 Å². The highest BCUT2D eigenvalue weighted by Gasteiger charge is 2.31. The zero-order chi connectivity index (χ0) is 29.1. The molecule has 216 valence electrons. The van der Waals surface area contributed by atoms with Gasteiger partial charge in [0.15, 0.2) is 11.6 Å². The summed E-state index contributed by atoms with van der Waals surface area (Å²) in [5, 5.41) is 13.4. The zero-order valence-corrected chi connectivity index (χ0v) is 23.4. The molecule has 2 aromatic heterocycles. The van der Waals surface area contributed by atoms with E-state index in [1.54, 1.807) is 30.6 Å². The molecule has 4 aromatic rings. The average Bonchev–Trinajstić information content (AvgIpc) is 3.64. The summed E-state index contributed by atoms with van der Waals surface area (Å²) in [4.78, 5) is 52.4. The molecule has 3 amide bonds. The van der Waals surface area contributed by atoms with Gasteiger partial charge in [-0.2, -0.15) is 5.10 Å². The van der Waals surface area contributed by atoms with Crippen LogP contribution < -0.4 is 15.5 Å². The molecule has 0 spiro atoms. The quantitative estimate of drug-likeness (QED) is 0.310. The van der Waals surface area contributed by atoms with E-state index in [-0.39, 0.29) is 23.6 Å². The summed E-state index contributed by atoms with van der Waals surface area (Å²) in [5.74, 6) is 0.736. The molecule has 6 rings (SSSR count). The van der Waals surface area contributed by atoms with Gasteiger partial charge in [0.25, 0.3) is 0 Å². The van der Waals surface area contributed by atoms with Crippen LogP contribution in [0.15, 0.2) is 60.9 Å². The summed E-state index contributed by atoms with van der Waals surface area (Å²) >= 11 is 0. The van der Waals surface area contributed by atoms with Gasteiger partial charge in [-0.3, -0.25) is 24.4 Å². The first kappa shape index (κ1) is 27.3. The zero-order valence-electron chi connectivity index (χ0n) is 23.4. The van der Waals surface area contributed by atoms with Crippen molar-refractivity contribution in [3.8, 4) is 11.4 Å². The number of carbonyl (C=O) groups is 3. The molecule has 2 aliphatic rings. The Balaban J connectivity index is 0.972. The minimum atomic E-state index is -0.218. The van der Waals surface area contributed by atoms with Gasteiger partial charge in [0.05, 0.1) is 18.0 Å². The first-order valence-corrected chi connectivity index (χ1v) is 14.1. The summed E-state index contributed by atoms with van der Waals surface area (Å²) in [6.45, 7) is 5.84. The first-order chi connectivity index (χ1) is 20.4. The highest BCUT2D eigenvalue weighted by atomic mass is 16.2. The first-order valence-electron chi connectivity index (χ1n) is 14.1. The Hall–Kier alpha value is -4.84. The van der Waals surface area contributed by atoms with Gasteiger partial charge < -0.3 is 20.4 Å². The third-order valence-electron chi connectivity index (χ3n) is 7.82. The number of piperazine rings is 1. The molecule has 1 atom stereocenters. The Morgan fingerprint density at radius 1 is 0.952 bits per heavy atom. The van der Waals surface area contributed by atoms with Crippen LogP contribution in [0.3, 0.4) is 0 Å². The molecule has 4 heterocycles. The van der Waals surface area contributed by atoms with E-state index in [1.807, 2.05) is 23.1 Å². The van der Waals surface area contributed by atoms with Crippen LogP contribution in [0.4, 0.5) is 17.2 Å². The van der Waals surface area contributed by atoms with Gasteiger partial charge >= 0.3 is 0 Å². The molecule has 3 N–H and O–H groups in total. The van der Waals surface area contributed by atoms with Gasteiger partial charge in [0.2, 0.25) is 17.7 Å². The van der Waals surface area contributed by atoms with Crippen LogP contribution in [0.1, 0.15) is 13.3 Å². The largest absolute Gasteiger partial charge is 0.368 e. The molecule has 42 heavy (non-hydrogen) atoms. The standard InChI is InChI=1S/C30H33N9O3/c1-20(40)33-29-25-17-23(5-8-26(25)35-36-29)34-30(42)22-9-12-37(18-22)19-27(41)39-15-13-38(14-16-39)24-6-3-21(4-7-24)28-31-10-2-11-32-28/h2-8,10-11,17,22H,9,12-16,18-19H2,1H3,(H,34,42)(H2,33,35,36,40)/t22-/m1/s1. The fourth-order valence-electron chi connectivity index (χ4n) is 5.56. The van der Waals surface area contributed by atoms with Crippen LogP contribution in [0.5, 0.6) is 0 Å². The van der Waals surface area contributed by atoms with Gasteiger partial charge in [-0.1, -0.05) is 0 Å². The second kappa shape index (κ2) is 12.0. The summed E-state index contributed by atoms with van der Waals surface area (Å²) in [5.41, 5.74) is 3.49. The number of rotatable bonds is 7. The lowest BCUT2D eigenvalue weighted by atomic mass is 10.1. The van der Waals surface area contributed by atoms with Crippen molar-refractivity contribution in [2.45, 2.75) is 13.3 Å². The van der Waals surface area contributed by atoms with Crippen molar-refractivity contribution in [1.29, 1.82) is 0 Å². The second-order valence-corrected chi connectivity index (χ2v) is 10.7. The number of hydrogen-bond donors (Lipinski definition) is 3. The summed E-state index contributed by atoms with van der Waals surface area (Å²) in [6.07, 6.45) is 4.17. The number of amides is 3. The summed E-state index contributed by atoms with van der Waals surface area (Å²) in [6, 6.07) is 15.4. The second-order valence-electron chi connectivity index (χ2n) is 10.7. The molecule has 0 radical (unpaired) electrons. The van der Waals surface area contributed by atoms with E-state index >= 15 is 0 Å². The van der Waals surface area contributed by atoms with E-state index in [4.69, 9.17) is 0 Å².